The maximum absolute atomic E-state index is 13.2. The highest BCUT2D eigenvalue weighted by atomic mass is 32.2. The van der Waals surface area contributed by atoms with Crippen LogP contribution in [0.1, 0.15) is 23.4 Å². The Hall–Kier alpha value is -3.82. The van der Waals surface area contributed by atoms with Crippen LogP contribution >= 0.6 is 11.8 Å². The number of aryl methyl sites for hydroxylation is 1. The first-order valence-electron chi connectivity index (χ1n) is 12.0. The van der Waals surface area contributed by atoms with Gasteiger partial charge in [0.25, 0.3) is 0 Å². The predicted molar refractivity (Wildman–Crippen MR) is 143 cm³/mol. The summed E-state index contributed by atoms with van der Waals surface area (Å²) in [5.74, 6) is 0.273. The highest BCUT2D eigenvalue weighted by Crippen LogP contribution is 2.29. The quantitative estimate of drug-likeness (QED) is 0.220. The smallest absolute Gasteiger partial charge is 0.404 e. The number of amides is 2. The zero-order valence-electron chi connectivity index (χ0n) is 20.2. The Balaban J connectivity index is 1.50. The van der Waals surface area contributed by atoms with Gasteiger partial charge in [-0.2, -0.15) is 0 Å². The van der Waals surface area contributed by atoms with Gasteiger partial charge >= 0.3 is 6.09 Å². The Bertz CT molecular complexity index is 1280. The van der Waals surface area contributed by atoms with E-state index in [1.807, 2.05) is 72.8 Å². The molecule has 3 aromatic carbocycles. The second-order valence-corrected chi connectivity index (χ2v) is 9.88. The summed E-state index contributed by atoms with van der Waals surface area (Å²) in [4.78, 5) is 28.8. The molecule has 0 aliphatic carbocycles. The molecule has 0 radical (unpaired) electrons. The van der Waals surface area contributed by atoms with Crippen LogP contribution in [0.15, 0.2) is 89.3 Å². The number of fused-ring (bicyclic) bond motifs is 1. The summed E-state index contributed by atoms with van der Waals surface area (Å²) in [6.07, 6.45) is -0.401. The van der Waals surface area contributed by atoms with E-state index in [2.05, 4.69) is 15.6 Å². The average Bonchev–Trinajstić information content (AvgIpc) is 3.37. The van der Waals surface area contributed by atoms with Crippen LogP contribution in [0, 0.1) is 0 Å². The van der Waals surface area contributed by atoms with Crippen LogP contribution in [0.4, 0.5) is 4.79 Å². The van der Waals surface area contributed by atoms with Gasteiger partial charge in [-0.15, -0.1) is 11.8 Å². The maximum Gasteiger partial charge on any atom is 0.404 e. The molecule has 1 heterocycles. The van der Waals surface area contributed by atoms with Gasteiger partial charge in [0.05, 0.1) is 6.54 Å². The van der Waals surface area contributed by atoms with Gasteiger partial charge in [0.1, 0.15) is 10.8 Å². The van der Waals surface area contributed by atoms with Crippen LogP contribution in [-0.2, 0) is 22.6 Å². The molecule has 4 rings (SSSR count). The van der Waals surface area contributed by atoms with E-state index in [9.17, 15) is 14.7 Å². The minimum atomic E-state index is -1.57. The molecule has 192 valence electrons. The normalized spacial score (nSPS) is 13.5. The number of nitrogens with zero attached hydrogens (tertiary/aromatic N) is 1. The molecule has 37 heavy (non-hydrogen) atoms. The zero-order chi connectivity index (χ0) is 26.1. The third-order valence-corrected chi connectivity index (χ3v) is 7.23. The van der Waals surface area contributed by atoms with Gasteiger partial charge in [-0.3, -0.25) is 4.79 Å². The van der Waals surface area contributed by atoms with Crippen molar-refractivity contribution in [3.05, 3.63) is 102 Å². The molecule has 0 bridgehead atoms. The first kappa shape index (κ1) is 26.2. The highest BCUT2D eigenvalue weighted by molar-refractivity contribution is 7.99. The highest BCUT2D eigenvalue weighted by Gasteiger charge is 2.36. The standard InChI is InChI=1S/C28H29N3O5S/c32-25(24(17-29-27(33)34)37-18-21-11-5-2-6-12-21)30-19-28(35,16-15-20-9-3-1-4-10-20)26-31-22-13-7-8-14-23(22)36-26/h1-14,24,29,35H,15-19H2,(H,30,32)(H,33,34). The van der Waals surface area contributed by atoms with Crippen LogP contribution < -0.4 is 10.6 Å². The Morgan fingerprint density at radius 1 is 0.919 bits per heavy atom. The number of oxazole rings is 1. The van der Waals surface area contributed by atoms with Crippen molar-refractivity contribution < 1.29 is 24.2 Å². The lowest BCUT2D eigenvalue weighted by Gasteiger charge is -2.26. The molecule has 0 spiro atoms. The van der Waals surface area contributed by atoms with E-state index >= 15 is 0 Å². The minimum absolute atomic E-state index is 0.0655. The molecule has 9 heteroatoms. The van der Waals surface area contributed by atoms with Gasteiger partial charge in [0, 0.05) is 12.3 Å². The zero-order valence-corrected chi connectivity index (χ0v) is 21.0. The fraction of sp³-hybridized carbons (Fsp3) is 0.250. The largest absolute Gasteiger partial charge is 0.465 e. The average molecular weight is 520 g/mol. The molecule has 2 unspecified atom stereocenters. The topological polar surface area (TPSA) is 125 Å². The Labute approximate surface area is 219 Å². The molecule has 4 N–H and O–H groups in total. The van der Waals surface area contributed by atoms with Crippen molar-refractivity contribution in [2.45, 2.75) is 29.4 Å². The third kappa shape index (κ3) is 7.34. The number of rotatable bonds is 12. The summed E-state index contributed by atoms with van der Waals surface area (Å²) < 4.78 is 5.89. The second-order valence-electron chi connectivity index (χ2n) is 8.69. The van der Waals surface area contributed by atoms with Gasteiger partial charge in [-0.05, 0) is 36.1 Å². The molecular weight excluding hydrogens is 490 g/mol. The van der Waals surface area contributed by atoms with Crippen molar-refractivity contribution in [2.24, 2.45) is 0 Å². The Kier molecular flexibility index (Phi) is 8.81. The van der Waals surface area contributed by atoms with Crippen molar-refractivity contribution >= 4 is 34.9 Å². The third-order valence-electron chi connectivity index (χ3n) is 5.94. The van der Waals surface area contributed by atoms with E-state index in [0.717, 1.165) is 11.1 Å². The number of thioether (sulfide) groups is 1. The first-order chi connectivity index (χ1) is 17.9. The maximum atomic E-state index is 13.2. The molecular formula is C28H29N3O5S. The van der Waals surface area contributed by atoms with E-state index in [0.29, 0.717) is 23.3 Å². The van der Waals surface area contributed by atoms with Crippen molar-refractivity contribution in [1.29, 1.82) is 0 Å². The Morgan fingerprint density at radius 3 is 2.24 bits per heavy atom. The number of carboxylic acid groups (broad SMARTS) is 1. The second kappa shape index (κ2) is 12.4. The molecule has 0 saturated carbocycles. The number of carbonyl (C=O) groups is 2. The molecule has 4 aromatic rings. The lowest BCUT2D eigenvalue weighted by molar-refractivity contribution is -0.122. The molecule has 0 saturated heterocycles. The monoisotopic (exact) mass is 519 g/mol. The number of carbonyl (C=O) groups excluding carboxylic acids is 1. The lowest BCUT2D eigenvalue weighted by atomic mass is 9.94. The fourth-order valence-electron chi connectivity index (χ4n) is 3.86. The molecule has 0 aliphatic rings. The molecule has 2 amide bonds. The number of hydrogen-bond donors (Lipinski definition) is 4. The van der Waals surface area contributed by atoms with E-state index < -0.39 is 16.9 Å². The summed E-state index contributed by atoms with van der Waals surface area (Å²) in [6, 6.07) is 26.6. The van der Waals surface area contributed by atoms with Gasteiger partial charge in [-0.25, -0.2) is 9.78 Å². The fourth-order valence-corrected chi connectivity index (χ4v) is 4.89. The van der Waals surface area contributed by atoms with Crippen molar-refractivity contribution in [1.82, 2.24) is 15.6 Å². The minimum Gasteiger partial charge on any atom is -0.465 e. The predicted octanol–water partition coefficient (Wildman–Crippen LogP) is 4.33. The summed E-state index contributed by atoms with van der Waals surface area (Å²) in [6.45, 7) is -0.203. The van der Waals surface area contributed by atoms with Crippen molar-refractivity contribution in [3.8, 4) is 0 Å². The van der Waals surface area contributed by atoms with E-state index in [1.54, 1.807) is 12.1 Å². The lowest BCUT2D eigenvalue weighted by Crippen LogP contribution is -2.46. The number of aliphatic hydroxyl groups is 1. The number of para-hydroxylation sites is 2. The van der Waals surface area contributed by atoms with Gasteiger partial charge < -0.3 is 25.3 Å². The molecule has 2 atom stereocenters. The number of aromatic nitrogens is 1. The van der Waals surface area contributed by atoms with E-state index in [-0.39, 0.29) is 31.3 Å². The first-order valence-corrected chi connectivity index (χ1v) is 13.0. The summed E-state index contributed by atoms with van der Waals surface area (Å²) in [5.41, 5.74) is 1.64. The Morgan fingerprint density at radius 2 is 1.57 bits per heavy atom. The molecule has 8 nitrogen and oxygen atoms in total. The van der Waals surface area contributed by atoms with Crippen LogP contribution in [0.25, 0.3) is 11.1 Å². The number of benzene rings is 3. The van der Waals surface area contributed by atoms with Gasteiger partial charge in [0.15, 0.2) is 11.2 Å². The number of nitrogens with one attached hydrogen (secondary N) is 2. The summed E-state index contributed by atoms with van der Waals surface area (Å²) in [5, 5.41) is 25.2. The van der Waals surface area contributed by atoms with E-state index in [4.69, 9.17) is 9.52 Å². The van der Waals surface area contributed by atoms with Crippen LogP contribution in [0.5, 0.6) is 0 Å². The van der Waals surface area contributed by atoms with Crippen LogP contribution in [0.2, 0.25) is 0 Å². The molecule has 0 aliphatic heterocycles. The van der Waals surface area contributed by atoms with Crippen LogP contribution in [-0.4, -0.2) is 45.5 Å². The SMILES string of the molecule is O=C(O)NCC(SCc1ccccc1)C(=O)NCC(O)(CCc1ccccc1)c1nc2ccccc2o1. The van der Waals surface area contributed by atoms with Crippen molar-refractivity contribution in [2.75, 3.05) is 13.1 Å². The van der Waals surface area contributed by atoms with E-state index in [1.165, 1.54) is 11.8 Å². The van der Waals surface area contributed by atoms with Gasteiger partial charge in [-0.1, -0.05) is 72.8 Å². The van der Waals surface area contributed by atoms with Gasteiger partial charge in [0.2, 0.25) is 11.8 Å². The van der Waals surface area contributed by atoms with Crippen LogP contribution in [0.3, 0.4) is 0 Å². The summed E-state index contributed by atoms with van der Waals surface area (Å²) in [7, 11) is 0. The van der Waals surface area contributed by atoms with Crippen molar-refractivity contribution in [3.63, 3.8) is 0 Å². The molecule has 0 fully saturated rings. The number of hydrogen-bond acceptors (Lipinski definition) is 6. The summed E-state index contributed by atoms with van der Waals surface area (Å²) >= 11 is 1.33. The molecule has 1 aromatic heterocycles.